The largest absolute Gasteiger partial charge is 0.480 e. The third-order valence-corrected chi connectivity index (χ3v) is 2.53. The Bertz CT molecular complexity index is 346. The molecule has 0 saturated heterocycles. The van der Waals surface area contributed by atoms with Crippen molar-refractivity contribution >= 4 is 17.9 Å². The summed E-state index contributed by atoms with van der Waals surface area (Å²) in [6.07, 6.45) is 0.663. The molecule has 3 amide bonds. The van der Waals surface area contributed by atoms with Crippen molar-refractivity contribution in [1.29, 1.82) is 0 Å². The lowest BCUT2D eigenvalue weighted by molar-refractivity contribution is -0.140. The van der Waals surface area contributed by atoms with Crippen LogP contribution < -0.4 is 5.32 Å². The Morgan fingerprint density at radius 1 is 1.30 bits per heavy atom. The maximum absolute atomic E-state index is 12.0. The lowest BCUT2D eigenvalue weighted by Crippen LogP contribution is -2.52. The van der Waals surface area contributed by atoms with Gasteiger partial charge in [0.1, 0.15) is 6.54 Å². The SMILES string of the molecule is CCCN(CC(=O)N(C)C)C(=O)NC(COC)C(=O)O. The topological polar surface area (TPSA) is 99.2 Å². The van der Waals surface area contributed by atoms with Crippen LogP contribution in [-0.4, -0.2) is 79.8 Å². The number of aliphatic carboxylic acids is 1. The summed E-state index contributed by atoms with van der Waals surface area (Å²) in [4.78, 5) is 37.3. The van der Waals surface area contributed by atoms with E-state index in [-0.39, 0.29) is 19.1 Å². The first-order valence-electron chi connectivity index (χ1n) is 6.30. The molecular weight excluding hydrogens is 266 g/mol. The van der Waals surface area contributed by atoms with Crippen LogP contribution in [0.1, 0.15) is 13.3 Å². The van der Waals surface area contributed by atoms with Crippen molar-refractivity contribution in [1.82, 2.24) is 15.1 Å². The summed E-state index contributed by atoms with van der Waals surface area (Å²) in [5.41, 5.74) is 0. The van der Waals surface area contributed by atoms with Crippen molar-refractivity contribution < 1.29 is 24.2 Å². The van der Waals surface area contributed by atoms with E-state index in [9.17, 15) is 14.4 Å². The second kappa shape index (κ2) is 9.13. The van der Waals surface area contributed by atoms with E-state index in [1.807, 2.05) is 6.92 Å². The number of carboxylic acids is 1. The number of hydrogen-bond donors (Lipinski definition) is 2. The molecular formula is C12H23N3O5. The number of carboxylic acid groups (broad SMARTS) is 1. The highest BCUT2D eigenvalue weighted by atomic mass is 16.5. The highest BCUT2D eigenvalue weighted by molar-refractivity contribution is 5.86. The molecule has 116 valence electrons. The molecule has 0 aliphatic carbocycles. The van der Waals surface area contributed by atoms with Gasteiger partial charge in [-0.25, -0.2) is 9.59 Å². The highest BCUT2D eigenvalue weighted by Gasteiger charge is 2.24. The minimum atomic E-state index is -1.18. The van der Waals surface area contributed by atoms with Gasteiger partial charge in [0, 0.05) is 27.7 Å². The molecule has 0 radical (unpaired) electrons. The number of nitrogens with zero attached hydrogens (tertiary/aromatic N) is 2. The molecule has 8 nitrogen and oxygen atoms in total. The fourth-order valence-electron chi connectivity index (χ4n) is 1.41. The van der Waals surface area contributed by atoms with Crippen molar-refractivity contribution in [2.75, 3.05) is 40.9 Å². The van der Waals surface area contributed by atoms with Crippen molar-refractivity contribution in [3.63, 3.8) is 0 Å². The lowest BCUT2D eigenvalue weighted by Gasteiger charge is -2.25. The molecule has 0 aromatic heterocycles. The number of nitrogens with one attached hydrogen (secondary N) is 1. The normalized spacial score (nSPS) is 11.6. The third-order valence-electron chi connectivity index (χ3n) is 2.53. The van der Waals surface area contributed by atoms with E-state index in [0.717, 1.165) is 0 Å². The van der Waals surface area contributed by atoms with Gasteiger partial charge in [-0.05, 0) is 6.42 Å². The number of carbonyl (C=O) groups excluding carboxylic acids is 2. The Hall–Kier alpha value is -1.83. The first kappa shape index (κ1) is 18.2. The molecule has 1 atom stereocenters. The van der Waals surface area contributed by atoms with Crippen LogP contribution in [0.25, 0.3) is 0 Å². The molecule has 0 fully saturated rings. The van der Waals surface area contributed by atoms with Crippen LogP contribution in [-0.2, 0) is 14.3 Å². The number of rotatable bonds is 8. The molecule has 8 heteroatoms. The van der Waals surface area contributed by atoms with Gasteiger partial charge in [-0.3, -0.25) is 4.79 Å². The Kier molecular flexibility index (Phi) is 8.30. The van der Waals surface area contributed by atoms with Crippen molar-refractivity contribution in [2.24, 2.45) is 0 Å². The third kappa shape index (κ3) is 6.37. The van der Waals surface area contributed by atoms with Gasteiger partial charge < -0.3 is 25.0 Å². The van der Waals surface area contributed by atoms with Crippen molar-refractivity contribution in [2.45, 2.75) is 19.4 Å². The van der Waals surface area contributed by atoms with E-state index in [1.54, 1.807) is 14.1 Å². The molecule has 0 aromatic rings. The average molecular weight is 289 g/mol. The molecule has 0 rings (SSSR count). The lowest BCUT2D eigenvalue weighted by atomic mass is 10.3. The van der Waals surface area contributed by atoms with Crippen LogP contribution in [0, 0.1) is 0 Å². The van der Waals surface area contributed by atoms with E-state index in [1.165, 1.54) is 16.9 Å². The van der Waals surface area contributed by atoms with E-state index < -0.39 is 18.0 Å². The maximum atomic E-state index is 12.0. The van der Waals surface area contributed by atoms with Crippen molar-refractivity contribution in [3.05, 3.63) is 0 Å². The summed E-state index contributed by atoms with van der Waals surface area (Å²) in [5.74, 6) is -1.41. The number of likely N-dealkylation sites (N-methyl/N-ethyl adjacent to an activating group) is 1. The summed E-state index contributed by atoms with van der Waals surface area (Å²) in [7, 11) is 4.53. The molecule has 20 heavy (non-hydrogen) atoms. The van der Waals surface area contributed by atoms with Crippen LogP contribution in [0.3, 0.4) is 0 Å². The number of methoxy groups -OCH3 is 1. The number of ether oxygens (including phenoxy) is 1. The van der Waals surface area contributed by atoms with Gasteiger partial charge in [-0.1, -0.05) is 6.92 Å². The standard InChI is InChI=1S/C12H23N3O5/c1-5-6-15(7-10(16)14(2)3)12(19)13-9(8-20-4)11(17)18/h9H,5-8H2,1-4H3,(H,13,19)(H,17,18). The van der Waals surface area contributed by atoms with Gasteiger partial charge in [0.25, 0.3) is 0 Å². The molecule has 0 aliphatic heterocycles. The number of amides is 3. The summed E-state index contributed by atoms with van der Waals surface area (Å²) in [5, 5.41) is 11.3. The summed E-state index contributed by atoms with van der Waals surface area (Å²) < 4.78 is 4.74. The van der Waals surface area contributed by atoms with Crippen LogP contribution in [0.15, 0.2) is 0 Å². The average Bonchev–Trinajstić information content (AvgIpc) is 2.37. The van der Waals surface area contributed by atoms with Crippen LogP contribution in [0.5, 0.6) is 0 Å². The summed E-state index contributed by atoms with van der Waals surface area (Å²) in [6.45, 7) is 2.00. The fourth-order valence-corrected chi connectivity index (χ4v) is 1.41. The monoisotopic (exact) mass is 289 g/mol. The highest BCUT2D eigenvalue weighted by Crippen LogP contribution is 1.97. The first-order chi connectivity index (χ1) is 9.33. The molecule has 0 heterocycles. The summed E-state index contributed by atoms with van der Waals surface area (Å²) in [6, 6.07) is -1.73. The Labute approximate surface area is 118 Å². The Balaban J connectivity index is 4.70. The van der Waals surface area contributed by atoms with E-state index in [0.29, 0.717) is 13.0 Å². The Morgan fingerprint density at radius 3 is 2.30 bits per heavy atom. The van der Waals surface area contributed by atoms with Gasteiger partial charge in [-0.15, -0.1) is 0 Å². The van der Waals surface area contributed by atoms with Crippen LogP contribution >= 0.6 is 0 Å². The minimum Gasteiger partial charge on any atom is -0.480 e. The fraction of sp³-hybridized carbons (Fsp3) is 0.750. The number of urea groups is 1. The zero-order valence-electron chi connectivity index (χ0n) is 12.4. The van der Waals surface area contributed by atoms with Gasteiger partial charge in [-0.2, -0.15) is 0 Å². The molecule has 0 aromatic carbocycles. The van der Waals surface area contributed by atoms with Crippen LogP contribution in [0.2, 0.25) is 0 Å². The second-order valence-electron chi connectivity index (χ2n) is 4.51. The minimum absolute atomic E-state index is 0.0913. The predicted molar refractivity (Wildman–Crippen MR) is 72.4 cm³/mol. The van der Waals surface area contributed by atoms with Crippen molar-refractivity contribution in [3.8, 4) is 0 Å². The van der Waals surface area contributed by atoms with Crippen LogP contribution in [0.4, 0.5) is 4.79 Å². The molecule has 2 N–H and O–H groups in total. The second-order valence-corrected chi connectivity index (χ2v) is 4.51. The quantitative estimate of drug-likeness (QED) is 0.633. The number of carbonyl (C=O) groups is 3. The Morgan fingerprint density at radius 2 is 1.90 bits per heavy atom. The van der Waals surface area contributed by atoms with Gasteiger partial charge >= 0.3 is 12.0 Å². The smallest absolute Gasteiger partial charge is 0.328 e. The molecule has 0 aliphatic rings. The zero-order valence-corrected chi connectivity index (χ0v) is 12.4. The van der Waals surface area contributed by atoms with E-state index in [4.69, 9.17) is 9.84 Å². The van der Waals surface area contributed by atoms with E-state index >= 15 is 0 Å². The predicted octanol–water partition coefficient (Wildman–Crippen LogP) is -0.404. The molecule has 0 spiro atoms. The van der Waals surface area contributed by atoms with E-state index in [2.05, 4.69) is 5.32 Å². The zero-order chi connectivity index (χ0) is 15.7. The molecule has 0 bridgehead atoms. The summed E-state index contributed by atoms with van der Waals surface area (Å²) >= 11 is 0. The van der Waals surface area contributed by atoms with Gasteiger partial charge in [0.2, 0.25) is 5.91 Å². The molecule has 1 unspecified atom stereocenters. The maximum Gasteiger partial charge on any atom is 0.328 e. The number of hydrogen-bond acceptors (Lipinski definition) is 4. The van der Waals surface area contributed by atoms with Gasteiger partial charge in [0.05, 0.1) is 6.61 Å². The first-order valence-corrected chi connectivity index (χ1v) is 6.30. The van der Waals surface area contributed by atoms with Gasteiger partial charge in [0.15, 0.2) is 6.04 Å². The molecule has 0 saturated carbocycles.